The van der Waals surface area contributed by atoms with Crippen LogP contribution in [0.2, 0.25) is 0 Å². The van der Waals surface area contributed by atoms with E-state index in [9.17, 15) is 0 Å². The van der Waals surface area contributed by atoms with Crippen LogP contribution in [-0.2, 0) is 11.2 Å². The molecule has 0 saturated carbocycles. The molecular weight excluding hydrogens is 296 g/mol. The number of hydrogen-bond donors (Lipinski definition) is 0. The van der Waals surface area contributed by atoms with Gasteiger partial charge < -0.3 is 9.47 Å². The lowest BCUT2D eigenvalue weighted by atomic mass is 10.1. The molecule has 1 aromatic carbocycles. The SMILES string of the molecule is COCCc1ccc(Oc2ncncc2Br)cc1. The summed E-state index contributed by atoms with van der Waals surface area (Å²) in [5.74, 6) is 1.25. The lowest BCUT2D eigenvalue weighted by Gasteiger charge is -2.06. The first kappa shape index (κ1) is 13.0. The highest BCUT2D eigenvalue weighted by atomic mass is 79.9. The van der Waals surface area contributed by atoms with E-state index in [4.69, 9.17) is 9.47 Å². The molecule has 2 rings (SSSR count). The molecule has 5 heteroatoms. The summed E-state index contributed by atoms with van der Waals surface area (Å²) in [5.41, 5.74) is 1.21. The van der Waals surface area contributed by atoms with E-state index in [1.54, 1.807) is 13.3 Å². The van der Waals surface area contributed by atoms with Gasteiger partial charge in [0.2, 0.25) is 5.88 Å². The van der Waals surface area contributed by atoms with Crippen molar-refractivity contribution < 1.29 is 9.47 Å². The van der Waals surface area contributed by atoms with Crippen molar-refractivity contribution in [2.45, 2.75) is 6.42 Å². The van der Waals surface area contributed by atoms with Crippen LogP contribution in [-0.4, -0.2) is 23.7 Å². The Balaban J connectivity index is 2.04. The van der Waals surface area contributed by atoms with Crippen molar-refractivity contribution in [2.24, 2.45) is 0 Å². The van der Waals surface area contributed by atoms with E-state index in [1.165, 1.54) is 11.9 Å². The molecule has 2 aromatic rings. The predicted molar refractivity (Wildman–Crippen MR) is 71.8 cm³/mol. The van der Waals surface area contributed by atoms with Crippen molar-refractivity contribution in [3.63, 3.8) is 0 Å². The van der Waals surface area contributed by atoms with E-state index in [0.29, 0.717) is 5.88 Å². The van der Waals surface area contributed by atoms with Gasteiger partial charge in [0.1, 0.15) is 12.1 Å². The van der Waals surface area contributed by atoms with E-state index >= 15 is 0 Å². The summed E-state index contributed by atoms with van der Waals surface area (Å²) in [5, 5.41) is 0. The highest BCUT2D eigenvalue weighted by Crippen LogP contribution is 2.26. The Morgan fingerprint density at radius 3 is 2.67 bits per heavy atom. The molecule has 0 aliphatic carbocycles. The lowest BCUT2D eigenvalue weighted by Crippen LogP contribution is -1.94. The van der Waals surface area contributed by atoms with Crippen LogP contribution in [0, 0.1) is 0 Å². The standard InChI is InChI=1S/C13H13BrN2O2/c1-17-7-6-10-2-4-11(5-3-10)18-13-12(14)8-15-9-16-13/h2-5,8-9H,6-7H2,1H3. The number of halogens is 1. The molecule has 0 saturated heterocycles. The van der Waals surface area contributed by atoms with Crippen molar-refractivity contribution >= 4 is 15.9 Å². The monoisotopic (exact) mass is 308 g/mol. The zero-order chi connectivity index (χ0) is 12.8. The third kappa shape index (κ3) is 3.51. The molecule has 4 nitrogen and oxygen atoms in total. The fraction of sp³-hybridized carbons (Fsp3) is 0.231. The molecule has 0 spiro atoms. The van der Waals surface area contributed by atoms with Crippen LogP contribution < -0.4 is 4.74 Å². The smallest absolute Gasteiger partial charge is 0.236 e. The highest BCUT2D eigenvalue weighted by molar-refractivity contribution is 9.10. The number of rotatable bonds is 5. The molecule has 1 heterocycles. The third-order valence-corrected chi connectivity index (χ3v) is 2.91. The minimum absolute atomic E-state index is 0.509. The predicted octanol–water partition coefficient (Wildman–Crippen LogP) is 3.22. The number of methoxy groups -OCH3 is 1. The minimum Gasteiger partial charge on any atom is -0.438 e. The molecule has 0 unspecified atom stereocenters. The zero-order valence-corrected chi connectivity index (χ0v) is 11.6. The average molecular weight is 309 g/mol. The number of hydrogen-bond acceptors (Lipinski definition) is 4. The summed E-state index contributed by atoms with van der Waals surface area (Å²) in [6.07, 6.45) is 4.00. The molecule has 94 valence electrons. The van der Waals surface area contributed by atoms with Gasteiger partial charge in [-0.1, -0.05) is 12.1 Å². The van der Waals surface area contributed by atoms with Crippen LogP contribution in [0.5, 0.6) is 11.6 Å². The van der Waals surface area contributed by atoms with E-state index in [1.807, 2.05) is 24.3 Å². The van der Waals surface area contributed by atoms with Gasteiger partial charge in [-0.25, -0.2) is 9.97 Å². The summed E-state index contributed by atoms with van der Waals surface area (Å²) < 4.78 is 11.4. The van der Waals surface area contributed by atoms with Crippen LogP contribution in [0.3, 0.4) is 0 Å². The number of ether oxygens (including phenoxy) is 2. The first-order valence-corrected chi connectivity index (χ1v) is 6.30. The minimum atomic E-state index is 0.509. The van der Waals surface area contributed by atoms with Gasteiger partial charge in [0, 0.05) is 13.3 Å². The van der Waals surface area contributed by atoms with E-state index in [0.717, 1.165) is 23.2 Å². The molecule has 0 N–H and O–H groups in total. The van der Waals surface area contributed by atoms with E-state index in [-0.39, 0.29) is 0 Å². The second-order valence-corrected chi connectivity index (χ2v) is 4.52. The summed E-state index contributed by atoms with van der Waals surface area (Å²) in [7, 11) is 1.70. The normalized spacial score (nSPS) is 10.3. The van der Waals surface area contributed by atoms with Crippen molar-refractivity contribution in [3.05, 3.63) is 46.8 Å². The maximum Gasteiger partial charge on any atom is 0.236 e. The largest absolute Gasteiger partial charge is 0.438 e. The molecule has 0 aliphatic rings. The summed E-state index contributed by atoms with van der Waals surface area (Å²) in [6.45, 7) is 0.720. The Morgan fingerprint density at radius 1 is 1.22 bits per heavy atom. The molecule has 18 heavy (non-hydrogen) atoms. The fourth-order valence-electron chi connectivity index (χ4n) is 1.43. The van der Waals surface area contributed by atoms with Gasteiger partial charge in [0.05, 0.1) is 11.1 Å². The Kier molecular flexibility index (Phi) is 4.66. The van der Waals surface area contributed by atoms with E-state index in [2.05, 4.69) is 25.9 Å². The van der Waals surface area contributed by atoms with Crippen LogP contribution in [0.4, 0.5) is 0 Å². The Morgan fingerprint density at radius 2 is 2.00 bits per heavy atom. The van der Waals surface area contributed by atoms with Crippen molar-refractivity contribution in [2.75, 3.05) is 13.7 Å². The van der Waals surface area contributed by atoms with Crippen molar-refractivity contribution in [1.29, 1.82) is 0 Å². The van der Waals surface area contributed by atoms with Gasteiger partial charge in [-0.3, -0.25) is 0 Å². The topological polar surface area (TPSA) is 44.2 Å². The van der Waals surface area contributed by atoms with Gasteiger partial charge in [-0.15, -0.1) is 0 Å². The first-order valence-electron chi connectivity index (χ1n) is 5.51. The zero-order valence-electron chi connectivity index (χ0n) is 9.97. The molecule has 1 aromatic heterocycles. The third-order valence-electron chi connectivity index (χ3n) is 2.37. The van der Waals surface area contributed by atoms with Crippen LogP contribution in [0.1, 0.15) is 5.56 Å². The Bertz CT molecular complexity index is 503. The Labute approximate surface area is 114 Å². The van der Waals surface area contributed by atoms with Gasteiger partial charge >= 0.3 is 0 Å². The quantitative estimate of drug-likeness (QED) is 0.850. The molecule has 0 atom stereocenters. The van der Waals surface area contributed by atoms with Gasteiger partial charge in [0.15, 0.2) is 0 Å². The molecule has 0 bridgehead atoms. The van der Waals surface area contributed by atoms with Crippen LogP contribution in [0.15, 0.2) is 41.3 Å². The van der Waals surface area contributed by atoms with Gasteiger partial charge in [-0.05, 0) is 40.0 Å². The Hall–Kier alpha value is -1.46. The average Bonchev–Trinajstić information content (AvgIpc) is 2.41. The number of aromatic nitrogens is 2. The summed E-state index contributed by atoms with van der Waals surface area (Å²) in [4.78, 5) is 7.93. The summed E-state index contributed by atoms with van der Waals surface area (Å²) >= 11 is 3.34. The van der Waals surface area contributed by atoms with Gasteiger partial charge in [0.25, 0.3) is 0 Å². The van der Waals surface area contributed by atoms with Crippen molar-refractivity contribution in [3.8, 4) is 11.6 Å². The summed E-state index contributed by atoms with van der Waals surface area (Å²) in [6, 6.07) is 7.87. The van der Waals surface area contributed by atoms with Gasteiger partial charge in [-0.2, -0.15) is 0 Å². The maximum absolute atomic E-state index is 5.64. The second-order valence-electron chi connectivity index (χ2n) is 3.66. The highest BCUT2D eigenvalue weighted by Gasteiger charge is 2.03. The van der Waals surface area contributed by atoms with Crippen LogP contribution >= 0.6 is 15.9 Å². The first-order chi connectivity index (χ1) is 8.79. The molecule has 0 radical (unpaired) electrons. The van der Waals surface area contributed by atoms with E-state index < -0.39 is 0 Å². The number of benzene rings is 1. The number of nitrogens with zero attached hydrogens (tertiary/aromatic N) is 2. The molecule has 0 amide bonds. The molecule has 0 fully saturated rings. The maximum atomic E-state index is 5.64. The second kappa shape index (κ2) is 6.47. The molecule has 0 aliphatic heterocycles. The van der Waals surface area contributed by atoms with Crippen LogP contribution in [0.25, 0.3) is 0 Å². The fourth-order valence-corrected chi connectivity index (χ4v) is 1.73. The molecular formula is C13H13BrN2O2. The lowest BCUT2D eigenvalue weighted by molar-refractivity contribution is 0.202. The van der Waals surface area contributed by atoms with Crippen molar-refractivity contribution in [1.82, 2.24) is 9.97 Å².